The molecule has 1 aliphatic heterocycles. The SMILES string of the molecule is CN1CCN(CC(=O)Nc2cc(C(=O)Nc3nnc(-c4cscn4)s3)ccc2OC(F)(F)F)CC1. The third-order valence-electron chi connectivity index (χ3n) is 5.00. The molecule has 0 unspecified atom stereocenters. The van der Waals surface area contributed by atoms with Crippen LogP contribution >= 0.6 is 22.7 Å². The monoisotopic (exact) mass is 527 g/mol. The summed E-state index contributed by atoms with van der Waals surface area (Å²) >= 11 is 2.48. The van der Waals surface area contributed by atoms with Gasteiger partial charge in [0.15, 0.2) is 10.8 Å². The Morgan fingerprint density at radius 2 is 1.91 bits per heavy atom. The first-order valence-electron chi connectivity index (χ1n) is 10.3. The van der Waals surface area contributed by atoms with E-state index in [1.54, 1.807) is 10.9 Å². The van der Waals surface area contributed by atoms with Crippen LogP contribution < -0.4 is 15.4 Å². The minimum Gasteiger partial charge on any atom is -0.404 e. The molecular formula is C20H20F3N7O3S2. The van der Waals surface area contributed by atoms with E-state index < -0.39 is 23.9 Å². The van der Waals surface area contributed by atoms with Crippen molar-refractivity contribution in [2.75, 3.05) is 50.4 Å². The molecule has 15 heteroatoms. The molecule has 2 amide bonds. The molecule has 0 spiro atoms. The summed E-state index contributed by atoms with van der Waals surface area (Å²) in [5, 5.41) is 15.3. The number of rotatable bonds is 7. The molecule has 1 fully saturated rings. The van der Waals surface area contributed by atoms with Gasteiger partial charge in [0, 0.05) is 37.1 Å². The molecule has 10 nitrogen and oxygen atoms in total. The van der Waals surface area contributed by atoms with Crippen LogP contribution in [-0.4, -0.2) is 82.9 Å². The van der Waals surface area contributed by atoms with Crippen molar-refractivity contribution in [3.05, 3.63) is 34.7 Å². The van der Waals surface area contributed by atoms with Crippen molar-refractivity contribution in [2.45, 2.75) is 6.36 Å². The van der Waals surface area contributed by atoms with E-state index in [-0.39, 0.29) is 22.9 Å². The number of hydrogen-bond acceptors (Lipinski definition) is 10. The second-order valence-electron chi connectivity index (χ2n) is 7.63. The number of alkyl halides is 3. The number of amides is 2. The van der Waals surface area contributed by atoms with Gasteiger partial charge in [0.05, 0.1) is 17.7 Å². The highest BCUT2D eigenvalue weighted by molar-refractivity contribution is 7.18. The van der Waals surface area contributed by atoms with Crippen molar-refractivity contribution in [1.29, 1.82) is 0 Å². The Labute approximate surface area is 205 Å². The number of carbonyl (C=O) groups excluding carboxylic acids is 2. The first-order valence-corrected chi connectivity index (χ1v) is 12.1. The number of benzene rings is 1. The predicted molar refractivity (Wildman–Crippen MR) is 125 cm³/mol. The van der Waals surface area contributed by atoms with E-state index in [0.717, 1.165) is 42.6 Å². The summed E-state index contributed by atoms with van der Waals surface area (Å²) in [5.41, 5.74) is 1.99. The van der Waals surface area contributed by atoms with Gasteiger partial charge in [0.2, 0.25) is 11.0 Å². The Hall–Kier alpha value is -3.14. The summed E-state index contributed by atoms with van der Waals surface area (Å²) in [4.78, 5) is 33.4. The fourth-order valence-electron chi connectivity index (χ4n) is 3.25. The first-order chi connectivity index (χ1) is 16.7. The second-order valence-corrected chi connectivity index (χ2v) is 9.32. The maximum absolute atomic E-state index is 12.9. The summed E-state index contributed by atoms with van der Waals surface area (Å²) in [5.74, 6) is -1.78. The smallest absolute Gasteiger partial charge is 0.404 e. The molecule has 35 heavy (non-hydrogen) atoms. The molecule has 4 rings (SSSR count). The van der Waals surface area contributed by atoms with E-state index in [1.165, 1.54) is 11.3 Å². The van der Waals surface area contributed by atoms with Gasteiger partial charge in [-0.15, -0.1) is 34.7 Å². The number of carbonyl (C=O) groups is 2. The summed E-state index contributed by atoms with van der Waals surface area (Å²) in [6.07, 6.45) is -4.97. The van der Waals surface area contributed by atoms with Gasteiger partial charge in [-0.25, -0.2) is 4.98 Å². The fraction of sp³-hybridized carbons (Fsp3) is 0.350. The molecule has 0 bridgehead atoms. The number of thiazole rings is 1. The third-order valence-corrected chi connectivity index (χ3v) is 6.45. The number of likely N-dealkylation sites (N-methyl/N-ethyl adjacent to an activating group) is 1. The van der Waals surface area contributed by atoms with Crippen molar-refractivity contribution in [1.82, 2.24) is 25.0 Å². The normalized spacial score (nSPS) is 15.1. The average molecular weight is 528 g/mol. The summed E-state index contributed by atoms with van der Waals surface area (Å²) < 4.78 is 42.7. The Balaban J connectivity index is 1.48. The molecule has 2 N–H and O–H groups in total. The Kier molecular flexibility index (Phi) is 7.59. The third kappa shape index (κ3) is 6.94. The minimum atomic E-state index is -4.97. The van der Waals surface area contributed by atoms with E-state index >= 15 is 0 Å². The van der Waals surface area contributed by atoms with Crippen LogP contribution in [0.25, 0.3) is 10.7 Å². The van der Waals surface area contributed by atoms with Crippen LogP contribution in [0.5, 0.6) is 5.75 Å². The highest BCUT2D eigenvalue weighted by Gasteiger charge is 2.33. The highest BCUT2D eigenvalue weighted by Crippen LogP contribution is 2.32. The number of piperazine rings is 1. The number of aromatic nitrogens is 3. The van der Waals surface area contributed by atoms with Gasteiger partial charge >= 0.3 is 6.36 Å². The number of nitrogens with one attached hydrogen (secondary N) is 2. The van der Waals surface area contributed by atoms with E-state index in [1.807, 2.05) is 11.9 Å². The van der Waals surface area contributed by atoms with E-state index in [0.29, 0.717) is 23.8 Å². The molecule has 3 heterocycles. The van der Waals surface area contributed by atoms with Crippen molar-refractivity contribution in [3.63, 3.8) is 0 Å². The quantitative estimate of drug-likeness (QED) is 0.482. The van der Waals surface area contributed by atoms with E-state index in [4.69, 9.17) is 0 Å². The summed E-state index contributed by atoms with van der Waals surface area (Å²) in [7, 11) is 1.97. The van der Waals surface area contributed by atoms with Crippen LogP contribution in [0.1, 0.15) is 10.4 Å². The maximum atomic E-state index is 12.9. The second kappa shape index (κ2) is 10.6. The van der Waals surface area contributed by atoms with Crippen molar-refractivity contribution in [2.24, 2.45) is 0 Å². The zero-order valence-corrected chi connectivity index (χ0v) is 20.0. The molecule has 1 aliphatic rings. The lowest BCUT2D eigenvalue weighted by Gasteiger charge is -2.31. The lowest BCUT2D eigenvalue weighted by atomic mass is 10.1. The lowest BCUT2D eigenvalue weighted by molar-refractivity contribution is -0.274. The predicted octanol–water partition coefficient (Wildman–Crippen LogP) is 3.00. The van der Waals surface area contributed by atoms with Gasteiger partial charge < -0.3 is 15.0 Å². The molecule has 1 aromatic carbocycles. The van der Waals surface area contributed by atoms with Crippen LogP contribution in [0.4, 0.5) is 24.0 Å². The molecule has 3 aromatic rings. The van der Waals surface area contributed by atoms with Gasteiger partial charge in [-0.05, 0) is 25.2 Å². The van der Waals surface area contributed by atoms with Gasteiger partial charge in [-0.1, -0.05) is 11.3 Å². The van der Waals surface area contributed by atoms with Crippen LogP contribution in [0.15, 0.2) is 29.1 Å². The van der Waals surface area contributed by atoms with Gasteiger partial charge in [0.1, 0.15) is 5.69 Å². The van der Waals surface area contributed by atoms with Crippen LogP contribution in [0.3, 0.4) is 0 Å². The van der Waals surface area contributed by atoms with Gasteiger partial charge in [-0.3, -0.25) is 19.8 Å². The molecule has 1 saturated heterocycles. The lowest BCUT2D eigenvalue weighted by Crippen LogP contribution is -2.47. The topological polar surface area (TPSA) is 113 Å². The molecular weight excluding hydrogens is 507 g/mol. The summed E-state index contributed by atoms with van der Waals surface area (Å²) in [6.45, 7) is 2.87. The number of nitrogens with zero attached hydrogens (tertiary/aromatic N) is 5. The number of ether oxygens (including phenoxy) is 1. The Morgan fingerprint density at radius 3 is 2.60 bits per heavy atom. The van der Waals surface area contributed by atoms with Crippen molar-refractivity contribution in [3.8, 4) is 16.5 Å². The molecule has 0 aliphatic carbocycles. The van der Waals surface area contributed by atoms with Crippen molar-refractivity contribution >= 4 is 45.3 Å². The molecule has 0 saturated carbocycles. The highest BCUT2D eigenvalue weighted by atomic mass is 32.1. The molecule has 0 atom stereocenters. The van der Waals surface area contributed by atoms with E-state index in [9.17, 15) is 22.8 Å². The zero-order valence-electron chi connectivity index (χ0n) is 18.3. The van der Waals surface area contributed by atoms with Crippen LogP contribution in [0, 0.1) is 0 Å². The number of hydrogen-bond donors (Lipinski definition) is 2. The molecule has 0 radical (unpaired) electrons. The average Bonchev–Trinajstić information content (AvgIpc) is 3.47. The molecule has 186 valence electrons. The van der Waals surface area contributed by atoms with E-state index in [2.05, 4.69) is 35.5 Å². The Morgan fingerprint density at radius 1 is 1.14 bits per heavy atom. The standard InChI is InChI=1S/C20H20F3N7O3S2/c1-29-4-6-30(7-5-29)9-16(31)25-13-8-12(2-3-15(13)33-20(21,22)23)17(32)26-19-28-27-18(35-19)14-10-34-11-24-14/h2-3,8,10-11H,4-7,9H2,1H3,(H,25,31)(H,26,28,32). The fourth-order valence-corrected chi connectivity index (χ4v) is 4.56. The minimum absolute atomic E-state index is 0.0000971. The zero-order chi connectivity index (χ0) is 25.0. The number of halogens is 3. The van der Waals surface area contributed by atoms with Gasteiger partial charge in [0.25, 0.3) is 5.91 Å². The number of anilines is 2. The summed E-state index contributed by atoms with van der Waals surface area (Å²) in [6, 6.07) is 3.27. The first kappa shape index (κ1) is 25.0. The van der Waals surface area contributed by atoms with Crippen molar-refractivity contribution < 1.29 is 27.5 Å². The largest absolute Gasteiger partial charge is 0.573 e. The Bertz CT molecular complexity index is 1180. The van der Waals surface area contributed by atoms with Crippen LogP contribution in [0.2, 0.25) is 0 Å². The maximum Gasteiger partial charge on any atom is 0.573 e. The van der Waals surface area contributed by atoms with Crippen LogP contribution in [-0.2, 0) is 4.79 Å². The van der Waals surface area contributed by atoms with Gasteiger partial charge in [-0.2, -0.15) is 0 Å². The molecule has 2 aromatic heterocycles.